The first-order chi connectivity index (χ1) is 16.0. The van der Waals surface area contributed by atoms with E-state index in [0.717, 1.165) is 17.0 Å². The topological polar surface area (TPSA) is 87.3 Å². The lowest BCUT2D eigenvalue weighted by molar-refractivity contribution is -0.117. The SMILES string of the molecule is CCOc1ccc(N/C(SCc2ccc(C)cc2C)=C(/C#N)C(=O)NCc2ccco2)cc1. The zero-order valence-electron chi connectivity index (χ0n) is 19.0. The van der Waals surface area contributed by atoms with Gasteiger partial charge < -0.3 is 19.8 Å². The third-order valence-electron chi connectivity index (χ3n) is 4.86. The van der Waals surface area contributed by atoms with Gasteiger partial charge in [-0.25, -0.2) is 0 Å². The van der Waals surface area contributed by atoms with Gasteiger partial charge in [0.25, 0.3) is 5.91 Å². The van der Waals surface area contributed by atoms with Crippen LogP contribution in [-0.2, 0) is 17.1 Å². The second kappa shape index (κ2) is 11.8. The molecule has 0 radical (unpaired) electrons. The maximum atomic E-state index is 12.9. The number of rotatable bonds is 10. The summed E-state index contributed by atoms with van der Waals surface area (Å²) in [5.41, 5.74) is 4.28. The van der Waals surface area contributed by atoms with Gasteiger partial charge in [-0.3, -0.25) is 4.79 Å². The summed E-state index contributed by atoms with van der Waals surface area (Å²) in [5.74, 6) is 1.52. The molecule has 3 aromatic rings. The number of anilines is 1. The number of nitrogens with one attached hydrogen (secondary N) is 2. The van der Waals surface area contributed by atoms with E-state index in [1.807, 2.05) is 31.2 Å². The molecule has 0 saturated heterocycles. The molecule has 1 amide bonds. The van der Waals surface area contributed by atoms with E-state index in [9.17, 15) is 10.1 Å². The second-order valence-electron chi connectivity index (χ2n) is 7.38. The number of furan rings is 1. The zero-order chi connectivity index (χ0) is 23.6. The highest BCUT2D eigenvalue weighted by molar-refractivity contribution is 8.02. The molecule has 0 aliphatic heterocycles. The highest BCUT2D eigenvalue weighted by Crippen LogP contribution is 2.29. The highest BCUT2D eigenvalue weighted by Gasteiger charge is 2.17. The summed E-state index contributed by atoms with van der Waals surface area (Å²) in [4.78, 5) is 12.9. The molecule has 0 aliphatic rings. The van der Waals surface area contributed by atoms with Crippen LogP contribution in [-0.4, -0.2) is 12.5 Å². The smallest absolute Gasteiger partial charge is 0.265 e. The Bertz CT molecular complexity index is 1150. The lowest BCUT2D eigenvalue weighted by Crippen LogP contribution is -2.25. The number of amides is 1. The van der Waals surface area contributed by atoms with Crippen molar-refractivity contribution in [3.05, 3.63) is 93.9 Å². The number of benzene rings is 2. The first-order valence-electron chi connectivity index (χ1n) is 10.6. The Balaban J connectivity index is 1.84. The summed E-state index contributed by atoms with van der Waals surface area (Å²) in [6, 6.07) is 19.3. The third-order valence-corrected chi connectivity index (χ3v) is 5.91. The predicted octanol–water partition coefficient (Wildman–Crippen LogP) is 5.69. The minimum absolute atomic E-state index is 0.0187. The average Bonchev–Trinajstić information content (AvgIpc) is 3.32. The van der Waals surface area contributed by atoms with E-state index in [0.29, 0.717) is 23.1 Å². The van der Waals surface area contributed by atoms with Crippen LogP contribution in [0, 0.1) is 25.2 Å². The van der Waals surface area contributed by atoms with Crippen molar-refractivity contribution in [1.29, 1.82) is 5.26 Å². The molecule has 2 aromatic carbocycles. The summed E-state index contributed by atoms with van der Waals surface area (Å²) in [7, 11) is 0. The lowest BCUT2D eigenvalue weighted by atomic mass is 10.1. The van der Waals surface area contributed by atoms with E-state index in [4.69, 9.17) is 9.15 Å². The standard InChI is InChI=1S/C26H27N3O3S/c1-4-31-22-11-9-21(10-12-22)29-26(33-17-20-8-7-18(2)14-19(20)3)24(15-27)25(30)28-16-23-6-5-13-32-23/h5-14,29H,4,16-17H2,1-3H3,(H,28,30)/b26-24+. The summed E-state index contributed by atoms with van der Waals surface area (Å²) in [5, 5.41) is 16.3. The molecule has 0 spiro atoms. The van der Waals surface area contributed by atoms with Crippen molar-refractivity contribution in [3.8, 4) is 11.8 Å². The van der Waals surface area contributed by atoms with Gasteiger partial charge in [0.2, 0.25) is 0 Å². The van der Waals surface area contributed by atoms with Crippen molar-refractivity contribution < 1.29 is 13.9 Å². The molecule has 170 valence electrons. The Labute approximate surface area is 198 Å². The number of aryl methyl sites for hydroxylation is 2. The number of ether oxygens (including phenoxy) is 1. The monoisotopic (exact) mass is 461 g/mol. The average molecular weight is 462 g/mol. The summed E-state index contributed by atoms with van der Waals surface area (Å²) < 4.78 is 10.8. The van der Waals surface area contributed by atoms with Gasteiger partial charge in [0.15, 0.2) is 0 Å². The molecule has 0 atom stereocenters. The molecule has 0 aliphatic carbocycles. The Hall–Kier alpha value is -3.63. The molecule has 6 nitrogen and oxygen atoms in total. The maximum absolute atomic E-state index is 12.9. The van der Waals surface area contributed by atoms with Crippen LogP contribution in [0.4, 0.5) is 5.69 Å². The van der Waals surface area contributed by atoms with Crippen LogP contribution < -0.4 is 15.4 Å². The predicted molar refractivity (Wildman–Crippen MR) is 132 cm³/mol. The summed E-state index contributed by atoms with van der Waals surface area (Å²) in [6.45, 7) is 6.83. The Kier molecular flexibility index (Phi) is 8.62. The molecule has 0 saturated carbocycles. The first kappa shape index (κ1) is 24.0. The quantitative estimate of drug-likeness (QED) is 0.298. The van der Waals surface area contributed by atoms with Gasteiger partial charge in [-0.2, -0.15) is 5.26 Å². The number of hydrogen-bond donors (Lipinski definition) is 2. The summed E-state index contributed by atoms with van der Waals surface area (Å²) >= 11 is 1.42. The molecule has 1 heterocycles. The third kappa shape index (κ3) is 6.93. The largest absolute Gasteiger partial charge is 0.494 e. The normalized spacial score (nSPS) is 11.3. The van der Waals surface area contributed by atoms with Gasteiger partial charge in [-0.15, -0.1) is 11.8 Å². The fourth-order valence-corrected chi connectivity index (χ4v) is 4.23. The molecule has 0 bridgehead atoms. The number of nitrogens with zero attached hydrogens (tertiary/aromatic N) is 1. The zero-order valence-corrected chi connectivity index (χ0v) is 19.8. The number of carbonyl (C=O) groups excluding carboxylic acids is 1. The van der Waals surface area contributed by atoms with Crippen molar-refractivity contribution in [1.82, 2.24) is 5.32 Å². The van der Waals surface area contributed by atoms with Crippen LogP contribution in [0.1, 0.15) is 29.4 Å². The molecule has 7 heteroatoms. The number of nitriles is 1. The molecular weight excluding hydrogens is 434 g/mol. The second-order valence-corrected chi connectivity index (χ2v) is 8.36. The van der Waals surface area contributed by atoms with Gasteiger partial charge in [0, 0.05) is 11.4 Å². The van der Waals surface area contributed by atoms with E-state index in [1.54, 1.807) is 18.4 Å². The van der Waals surface area contributed by atoms with Gasteiger partial charge in [-0.1, -0.05) is 23.8 Å². The molecule has 1 aromatic heterocycles. The van der Waals surface area contributed by atoms with Crippen molar-refractivity contribution in [2.45, 2.75) is 33.1 Å². The van der Waals surface area contributed by atoms with E-state index in [-0.39, 0.29) is 12.1 Å². The molecule has 0 fully saturated rings. The Morgan fingerprint density at radius 2 is 1.94 bits per heavy atom. The van der Waals surface area contributed by atoms with Crippen LogP contribution in [0.15, 0.2) is 75.9 Å². The van der Waals surface area contributed by atoms with Gasteiger partial charge in [-0.05, 0) is 68.3 Å². The van der Waals surface area contributed by atoms with Crippen LogP contribution in [0.2, 0.25) is 0 Å². The van der Waals surface area contributed by atoms with Crippen molar-refractivity contribution >= 4 is 23.4 Å². The Morgan fingerprint density at radius 1 is 1.15 bits per heavy atom. The van der Waals surface area contributed by atoms with Crippen molar-refractivity contribution in [3.63, 3.8) is 0 Å². The van der Waals surface area contributed by atoms with Crippen LogP contribution in [0.3, 0.4) is 0 Å². The minimum atomic E-state index is -0.463. The molecule has 0 unspecified atom stereocenters. The van der Waals surface area contributed by atoms with Crippen LogP contribution in [0.5, 0.6) is 5.75 Å². The lowest BCUT2D eigenvalue weighted by Gasteiger charge is -2.15. The molecule has 2 N–H and O–H groups in total. The molecular formula is C26H27N3O3S. The van der Waals surface area contributed by atoms with Crippen LogP contribution >= 0.6 is 11.8 Å². The van der Waals surface area contributed by atoms with E-state index in [2.05, 4.69) is 48.7 Å². The van der Waals surface area contributed by atoms with Gasteiger partial charge >= 0.3 is 0 Å². The number of carbonyl (C=O) groups is 1. The first-order valence-corrected chi connectivity index (χ1v) is 11.6. The molecule has 33 heavy (non-hydrogen) atoms. The minimum Gasteiger partial charge on any atom is -0.494 e. The number of hydrogen-bond acceptors (Lipinski definition) is 6. The van der Waals surface area contributed by atoms with Crippen molar-refractivity contribution in [2.24, 2.45) is 0 Å². The Morgan fingerprint density at radius 3 is 2.58 bits per heavy atom. The van der Waals surface area contributed by atoms with E-state index < -0.39 is 5.91 Å². The summed E-state index contributed by atoms with van der Waals surface area (Å²) in [6.07, 6.45) is 1.54. The number of thioether (sulfide) groups is 1. The van der Waals surface area contributed by atoms with Gasteiger partial charge in [0.1, 0.15) is 23.2 Å². The molecule has 3 rings (SSSR count). The fraction of sp³-hybridized carbons (Fsp3) is 0.231. The van der Waals surface area contributed by atoms with Crippen LogP contribution in [0.25, 0.3) is 0 Å². The van der Waals surface area contributed by atoms with Gasteiger partial charge in [0.05, 0.1) is 24.4 Å². The highest BCUT2D eigenvalue weighted by atomic mass is 32.2. The fourth-order valence-electron chi connectivity index (χ4n) is 3.13. The van der Waals surface area contributed by atoms with E-state index in [1.165, 1.54) is 22.9 Å². The maximum Gasteiger partial charge on any atom is 0.265 e. The van der Waals surface area contributed by atoms with E-state index >= 15 is 0 Å². The van der Waals surface area contributed by atoms with Crippen molar-refractivity contribution in [2.75, 3.05) is 11.9 Å².